The molecule has 1 heterocycles. The van der Waals surface area contributed by atoms with Gasteiger partial charge in [-0.1, -0.05) is 11.6 Å². The lowest BCUT2D eigenvalue weighted by Crippen LogP contribution is -2.13. The first kappa shape index (κ1) is 19.3. The van der Waals surface area contributed by atoms with Crippen LogP contribution in [0.4, 0.5) is 0 Å². The highest BCUT2D eigenvalue weighted by molar-refractivity contribution is 5.87. The lowest BCUT2D eigenvalue weighted by Gasteiger charge is -2.12. The zero-order chi connectivity index (χ0) is 20.4. The van der Waals surface area contributed by atoms with E-state index in [0.717, 1.165) is 11.6 Å². The fourth-order valence-electron chi connectivity index (χ4n) is 2.74. The third-order valence-corrected chi connectivity index (χ3v) is 4.15. The maximum atomic E-state index is 13.0. The summed E-state index contributed by atoms with van der Waals surface area (Å²) in [5, 5.41) is 39.1. The summed E-state index contributed by atoms with van der Waals surface area (Å²) in [6, 6.07) is 6.26. The molecule has 7 heteroatoms. The maximum absolute atomic E-state index is 13.0. The number of rotatable bonds is 5. The van der Waals surface area contributed by atoms with Crippen molar-refractivity contribution in [2.24, 2.45) is 0 Å². The molecule has 0 atom stereocenters. The summed E-state index contributed by atoms with van der Waals surface area (Å²) in [5.41, 5.74) is 0.998. The van der Waals surface area contributed by atoms with Gasteiger partial charge in [-0.25, -0.2) is 0 Å². The first-order valence-corrected chi connectivity index (χ1v) is 8.53. The average Bonchev–Trinajstić information content (AvgIpc) is 2.61. The van der Waals surface area contributed by atoms with Crippen LogP contribution in [-0.2, 0) is 11.3 Å². The molecule has 1 aromatic heterocycles. The molecule has 0 unspecified atom stereocenters. The van der Waals surface area contributed by atoms with Gasteiger partial charge in [-0.15, -0.1) is 0 Å². The summed E-state index contributed by atoms with van der Waals surface area (Å²) in [5.74, 6) is -1.26. The molecule has 0 aliphatic carbocycles. The van der Waals surface area contributed by atoms with E-state index in [4.69, 9.17) is 9.15 Å². The van der Waals surface area contributed by atoms with Crippen molar-refractivity contribution in [3.63, 3.8) is 0 Å². The normalized spacial score (nSPS) is 10.9. The second-order valence-corrected chi connectivity index (χ2v) is 6.58. The molecule has 2 aromatic carbocycles. The van der Waals surface area contributed by atoms with Gasteiger partial charge in [0.25, 0.3) is 0 Å². The van der Waals surface area contributed by atoms with E-state index in [9.17, 15) is 25.2 Å². The summed E-state index contributed by atoms with van der Waals surface area (Å²) < 4.78 is 11.3. The first-order chi connectivity index (χ1) is 13.3. The molecule has 0 saturated heterocycles. The molecule has 0 fully saturated rings. The van der Waals surface area contributed by atoms with Crippen LogP contribution in [0.3, 0.4) is 0 Å². The van der Waals surface area contributed by atoms with Crippen LogP contribution in [0.2, 0.25) is 0 Å². The first-order valence-electron chi connectivity index (χ1n) is 8.53. The summed E-state index contributed by atoms with van der Waals surface area (Å²) >= 11 is 0. The molecular formula is C21H20O7. The lowest BCUT2D eigenvalue weighted by atomic mass is 10.0. The van der Waals surface area contributed by atoms with Crippen LogP contribution in [-0.4, -0.2) is 27.0 Å². The molecule has 146 valence electrons. The summed E-state index contributed by atoms with van der Waals surface area (Å²) in [6.45, 7) is 4.02. The molecule has 0 radical (unpaired) electrons. The predicted molar refractivity (Wildman–Crippen MR) is 104 cm³/mol. The Morgan fingerprint density at radius 2 is 1.79 bits per heavy atom. The van der Waals surface area contributed by atoms with Crippen molar-refractivity contribution in [3.8, 4) is 34.3 Å². The molecule has 28 heavy (non-hydrogen) atoms. The smallest absolute Gasteiger partial charge is 0.202 e. The Labute approximate surface area is 160 Å². The Balaban J connectivity index is 2.21. The molecule has 0 saturated carbocycles. The Bertz CT molecular complexity index is 1120. The third kappa shape index (κ3) is 3.79. The molecule has 7 nitrogen and oxygen atoms in total. The van der Waals surface area contributed by atoms with Gasteiger partial charge in [-0.05, 0) is 32.0 Å². The summed E-state index contributed by atoms with van der Waals surface area (Å²) in [4.78, 5) is 13.0. The van der Waals surface area contributed by atoms with Crippen LogP contribution >= 0.6 is 0 Å². The molecule has 4 N–H and O–H groups in total. The number of allylic oxidation sites excluding steroid dienone is 1. The zero-order valence-corrected chi connectivity index (χ0v) is 15.4. The lowest BCUT2D eigenvalue weighted by molar-refractivity contribution is 0.147. The van der Waals surface area contributed by atoms with Crippen LogP contribution in [0.5, 0.6) is 23.0 Å². The van der Waals surface area contributed by atoms with Gasteiger partial charge < -0.3 is 29.6 Å². The fourth-order valence-corrected chi connectivity index (χ4v) is 2.74. The molecule has 0 spiro atoms. The number of phenols is 4. The molecule has 3 aromatic rings. The molecule has 0 aliphatic rings. The second kappa shape index (κ2) is 7.66. The highest BCUT2D eigenvalue weighted by atomic mass is 16.5. The van der Waals surface area contributed by atoms with Crippen molar-refractivity contribution in [2.45, 2.75) is 20.5 Å². The van der Waals surface area contributed by atoms with Crippen LogP contribution in [0.1, 0.15) is 19.4 Å². The number of ether oxygens (including phenoxy) is 1. The van der Waals surface area contributed by atoms with Gasteiger partial charge in [0.1, 0.15) is 28.2 Å². The standard InChI is InChI=1S/C21H20O7/c1-11(2)5-6-27-10-14-20(26)19-17(25)8-13(22)9-18(19)28-21(14)12-3-4-15(23)16(24)7-12/h3-5,7-9,22-25H,6,10H2,1-2H3. The average molecular weight is 384 g/mol. The van der Waals surface area contributed by atoms with Crippen molar-refractivity contribution in [1.29, 1.82) is 0 Å². The fraction of sp³-hybridized carbons (Fsp3) is 0.190. The van der Waals surface area contributed by atoms with Gasteiger partial charge in [0.2, 0.25) is 5.43 Å². The van der Waals surface area contributed by atoms with Crippen molar-refractivity contribution >= 4 is 11.0 Å². The van der Waals surface area contributed by atoms with Gasteiger partial charge in [0.05, 0.1) is 18.8 Å². The van der Waals surface area contributed by atoms with E-state index in [0.29, 0.717) is 5.56 Å². The van der Waals surface area contributed by atoms with E-state index in [1.54, 1.807) is 0 Å². The summed E-state index contributed by atoms with van der Waals surface area (Å²) in [6.07, 6.45) is 1.85. The van der Waals surface area contributed by atoms with E-state index in [1.807, 2.05) is 19.9 Å². The summed E-state index contributed by atoms with van der Waals surface area (Å²) in [7, 11) is 0. The van der Waals surface area contributed by atoms with E-state index < -0.39 is 11.2 Å². The van der Waals surface area contributed by atoms with Crippen LogP contribution < -0.4 is 5.43 Å². The Morgan fingerprint density at radius 1 is 1.04 bits per heavy atom. The highest BCUT2D eigenvalue weighted by Crippen LogP contribution is 2.35. The monoisotopic (exact) mass is 384 g/mol. The SMILES string of the molecule is CC(C)=CCOCc1c(-c2ccc(O)c(O)c2)oc2cc(O)cc(O)c2c1=O. The maximum Gasteiger partial charge on any atom is 0.202 e. The highest BCUT2D eigenvalue weighted by Gasteiger charge is 2.20. The topological polar surface area (TPSA) is 120 Å². The minimum absolute atomic E-state index is 0.0156. The molecule has 0 bridgehead atoms. The van der Waals surface area contributed by atoms with Crippen LogP contribution in [0, 0.1) is 0 Å². The van der Waals surface area contributed by atoms with Crippen LogP contribution in [0.15, 0.2) is 51.2 Å². The third-order valence-electron chi connectivity index (χ3n) is 4.15. The van der Waals surface area contributed by atoms with Gasteiger partial charge in [0, 0.05) is 17.7 Å². The Morgan fingerprint density at radius 3 is 2.46 bits per heavy atom. The van der Waals surface area contributed by atoms with Crippen molar-refractivity contribution < 1.29 is 29.6 Å². The van der Waals surface area contributed by atoms with E-state index in [2.05, 4.69) is 0 Å². The number of hydrogen-bond acceptors (Lipinski definition) is 7. The van der Waals surface area contributed by atoms with Crippen molar-refractivity contribution in [3.05, 3.63) is 57.8 Å². The Kier molecular flexibility index (Phi) is 5.28. The number of fused-ring (bicyclic) bond motifs is 1. The van der Waals surface area contributed by atoms with Gasteiger partial charge in [0.15, 0.2) is 11.5 Å². The molecular weight excluding hydrogens is 364 g/mol. The second-order valence-electron chi connectivity index (χ2n) is 6.58. The number of hydrogen-bond donors (Lipinski definition) is 4. The minimum atomic E-state index is -0.515. The van der Waals surface area contributed by atoms with Gasteiger partial charge >= 0.3 is 0 Å². The quantitative estimate of drug-likeness (QED) is 0.300. The number of phenolic OH excluding ortho intramolecular Hbond substituents is 4. The van der Waals surface area contributed by atoms with Gasteiger partial charge in [-0.2, -0.15) is 0 Å². The zero-order valence-electron chi connectivity index (χ0n) is 15.4. The molecule has 0 aliphatic heterocycles. The predicted octanol–water partition coefficient (Wildman–Crippen LogP) is 3.77. The van der Waals surface area contributed by atoms with E-state index in [-0.39, 0.29) is 52.8 Å². The number of aromatic hydroxyl groups is 4. The molecule has 0 amide bonds. The van der Waals surface area contributed by atoms with Crippen LogP contribution in [0.25, 0.3) is 22.3 Å². The van der Waals surface area contributed by atoms with Crippen molar-refractivity contribution in [1.82, 2.24) is 0 Å². The molecule has 3 rings (SSSR count). The minimum Gasteiger partial charge on any atom is -0.508 e. The Hall–Kier alpha value is -3.45. The van der Waals surface area contributed by atoms with E-state index in [1.165, 1.54) is 24.3 Å². The van der Waals surface area contributed by atoms with Crippen molar-refractivity contribution in [2.75, 3.05) is 6.61 Å². The largest absolute Gasteiger partial charge is 0.508 e. The number of benzene rings is 2. The van der Waals surface area contributed by atoms with E-state index >= 15 is 0 Å². The van der Waals surface area contributed by atoms with Gasteiger partial charge in [-0.3, -0.25) is 4.79 Å².